The van der Waals surface area contributed by atoms with Gasteiger partial charge < -0.3 is 15.6 Å². The summed E-state index contributed by atoms with van der Waals surface area (Å²) in [4.78, 5) is 0. The largest absolute Gasteiger partial charge is 0.496 e. The number of ether oxygens (including phenoxy) is 1. The molecule has 0 saturated heterocycles. The molecule has 1 aromatic carbocycles. The molecule has 14 heavy (non-hydrogen) atoms. The third-order valence-electron chi connectivity index (χ3n) is 1.88. The molecule has 0 aliphatic rings. The van der Waals surface area contributed by atoms with Crippen molar-refractivity contribution in [2.75, 3.05) is 13.7 Å². The standard InChI is InChI=1S/C11H15NO2/c1-14-11-5-3-2-4-9(11)6-7-10(13)8-12/h2-7,10,13H,8,12H2,1H3/b7-6+/t10-/m0/s1. The Balaban J connectivity index is 2.80. The van der Waals surface area contributed by atoms with Crippen LogP contribution in [0.15, 0.2) is 30.3 Å². The third kappa shape index (κ3) is 2.87. The van der Waals surface area contributed by atoms with Crippen LogP contribution in [-0.4, -0.2) is 24.9 Å². The second-order valence-corrected chi connectivity index (χ2v) is 2.90. The van der Waals surface area contributed by atoms with E-state index in [-0.39, 0.29) is 6.54 Å². The second kappa shape index (κ2) is 5.42. The van der Waals surface area contributed by atoms with Gasteiger partial charge in [-0.2, -0.15) is 0 Å². The van der Waals surface area contributed by atoms with Gasteiger partial charge in [-0.25, -0.2) is 0 Å². The van der Waals surface area contributed by atoms with Crippen LogP contribution in [-0.2, 0) is 0 Å². The van der Waals surface area contributed by atoms with Crippen molar-refractivity contribution >= 4 is 6.08 Å². The van der Waals surface area contributed by atoms with E-state index >= 15 is 0 Å². The first-order valence-electron chi connectivity index (χ1n) is 4.47. The quantitative estimate of drug-likeness (QED) is 0.750. The van der Waals surface area contributed by atoms with Crippen LogP contribution in [0.5, 0.6) is 5.75 Å². The molecule has 0 aliphatic carbocycles. The predicted molar refractivity (Wildman–Crippen MR) is 57.1 cm³/mol. The maximum atomic E-state index is 9.23. The normalized spacial score (nSPS) is 13.1. The fourth-order valence-electron chi connectivity index (χ4n) is 1.10. The minimum Gasteiger partial charge on any atom is -0.496 e. The summed E-state index contributed by atoms with van der Waals surface area (Å²) in [6.07, 6.45) is 2.86. The van der Waals surface area contributed by atoms with Crippen LogP contribution >= 0.6 is 0 Å². The highest BCUT2D eigenvalue weighted by Gasteiger charge is 1.98. The highest BCUT2D eigenvalue weighted by Crippen LogP contribution is 2.18. The highest BCUT2D eigenvalue weighted by atomic mass is 16.5. The van der Waals surface area contributed by atoms with Crippen LogP contribution in [0.1, 0.15) is 5.56 Å². The summed E-state index contributed by atoms with van der Waals surface area (Å²) < 4.78 is 5.15. The Bertz CT molecular complexity index is 310. The van der Waals surface area contributed by atoms with Crippen LogP contribution in [0, 0.1) is 0 Å². The van der Waals surface area contributed by atoms with Crippen molar-refractivity contribution in [1.82, 2.24) is 0 Å². The van der Waals surface area contributed by atoms with E-state index in [0.29, 0.717) is 0 Å². The minimum atomic E-state index is -0.597. The smallest absolute Gasteiger partial charge is 0.126 e. The van der Waals surface area contributed by atoms with Crippen LogP contribution in [0.2, 0.25) is 0 Å². The molecule has 1 rings (SSSR count). The number of hydrogen-bond acceptors (Lipinski definition) is 3. The summed E-state index contributed by atoms with van der Waals surface area (Å²) in [6, 6.07) is 7.60. The molecule has 1 aromatic rings. The lowest BCUT2D eigenvalue weighted by Gasteiger charge is -2.04. The fourth-order valence-corrected chi connectivity index (χ4v) is 1.10. The molecule has 0 aromatic heterocycles. The SMILES string of the molecule is COc1ccccc1/C=C/[C@H](O)CN. The molecule has 3 nitrogen and oxygen atoms in total. The Hall–Kier alpha value is -1.32. The number of para-hydroxylation sites is 1. The molecule has 0 heterocycles. The number of rotatable bonds is 4. The van der Waals surface area contributed by atoms with Gasteiger partial charge >= 0.3 is 0 Å². The van der Waals surface area contributed by atoms with Gasteiger partial charge in [0.15, 0.2) is 0 Å². The first kappa shape index (κ1) is 10.8. The van der Waals surface area contributed by atoms with Gasteiger partial charge in [-0.05, 0) is 6.07 Å². The Kier molecular flexibility index (Phi) is 4.16. The van der Waals surface area contributed by atoms with Crippen LogP contribution in [0.3, 0.4) is 0 Å². The van der Waals surface area contributed by atoms with Crippen molar-refractivity contribution in [3.05, 3.63) is 35.9 Å². The molecular formula is C11H15NO2. The summed E-state index contributed by atoms with van der Waals surface area (Å²) in [5.74, 6) is 0.785. The zero-order chi connectivity index (χ0) is 10.4. The monoisotopic (exact) mass is 193 g/mol. The van der Waals surface area contributed by atoms with Crippen molar-refractivity contribution in [2.24, 2.45) is 5.73 Å². The first-order valence-corrected chi connectivity index (χ1v) is 4.47. The minimum absolute atomic E-state index is 0.228. The maximum absolute atomic E-state index is 9.23. The number of hydrogen-bond donors (Lipinski definition) is 2. The van der Waals surface area contributed by atoms with Gasteiger partial charge in [0.2, 0.25) is 0 Å². The Morgan fingerprint density at radius 2 is 2.21 bits per heavy atom. The predicted octanol–water partition coefficient (Wildman–Crippen LogP) is 1.03. The lowest BCUT2D eigenvalue weighted by Crippen LogP contribution is -2.16. The van der Waals surface area contributed by atoms with Gasteiger partial charge in [0.25, 0.3) is 0 Å². The molecular weight excluding hydrogens is 178 g/mol. The van der Waals surface area contributed by atoms with Crippen LogP contribution < -0.4 is 10.5 Å². The van der Waals surface area contributed by atoms with E-state index in [2.05, 4.69) is 0 Å². The number of methoxy groups -OCH3 is 1. The molecule has 3 heteroatoms. The average molecular weight is 193 g/mol. The van der Waals surface area contributed by atoms with Crippen LogP contribution in [0.4, 0.5) is 0 Å². The van der Waals surface area contributed by atoms with Gasteiger partial charge in [0.1, 0.15) is 5.75 Å². The molecule has 0 radical (unpaired) electrons. The first-order chi connectivity index (χ1) is 6.77. The summed E-state index contributed by atoms with van der Waals surface area (Å²) in [6.45, 7) is 0.228. The maximum Gasteiger partial charge on any atom is 0.126 e. The van der Waals surface area contributed by atoms with E-state index < -0.39 is 6.10 Å². The lowest BCUT2D eigenvalue weighted by atomic mass is 10.1. The summed E-state index contributed by atoms with van der Waals surface area (Å²) in [5.41, 5.74) is 6.21. The zero-order valence-electron chi connectivity index (χ0n) is 8.18. The fraction of sp³-hybridized carbons (Fsp3) is 0.273. The topological polar surface area (TPSA) is 55.5 Å². The van der Waals surface area contributed by atoms with Crippen LogP contribution in [0.25, 0.3) is 6.08 Å². The number of benzene rings is 1. The van der Waals surface area contributed by atoms with Crippen molar-refractivity contribution in [2.45, 2.75) is 6.10 Å². The second-order valence-electron chi connectivity index (χ2n) is 2.90. The molecule has 1 atom stereocenters. The summed E-state index contributed by atoms with van der Waals surface area (Å²) in [5, 5.41) is 9.23. The average Bonchev–Trinajstić information content (AvgIpc) is 2.26. The number of aliphatic hydroxyl groups is 1. The molecule has 0 bridgehead atoms. The van der Waals surface area contributed by atoms with E-state index in [1.54, 1.807) is 19.3 Å². The van der Waals surface area contributed by atoms with Gasteiger partial charge in [0, 0.05) is 12.1 Å². The Morgan fingerprint density at radius 3 is 2.86 bits per heavy atom. The van der Waals surface area contributed by atoms with Gasteiger partial charge in [-0.3, -0.25) is 0 Å². The molecule has 0 unspecified atom stereocenters. The molecule has 0 spiro atoms. The zero-order valence-corrected chi connectivity index (χ0v) is 8.18. The van der Waals surface area contributed by atoms with E-state index in [0.717, 1.165) is 11.3 Å². The molecule has 3 N–H and O–H groups in total. The van der Waals surface area contributed by atoms with Crippen molar-refractivity contribution in [3.8, 4) is 5.75 Å². The molecule has 0 fully saturated rings. The van der Waals surface area contributed by atoms with E-state index in [4.69, 9.17) is 10.5 Å². The van der Waals surface area contributed by atoms with Crippen molar-refractivity contribution in [3.63, 3.8) is 0 Å². The van der Waals surface area contributed by atoms with E-state index in [9.17, 15) is 5.11 Å². The molecule has 0 amide bonds. The lowest BCUT2D eigenvalue weighted by molar-refractivity contribution is 0.232. The number of nitrogens with two attached hydrogens (primary N) is 1. The highest BCUT2D eigenvalue weighted by molar-refractivity contribution is 5.57. The number of aliphatic hydroxyl groups excluding tert-OH is 1. The van der Waals surface area contributed by atoms with Gasteiger partial charge in [-0.1, -0.05) is 30.4 Å². The Labute approximate surface area is 83.8 Å². The Morgan fingerprint density at radius 1 is 1.50 bits per heavy atom. The third-order valence-corrected chi connectivity index (χ3v) is 1.88. The summed E-state index contributed by atoms with van der Waals surface area (Å²) >= 11 is 0. The summed E-state index contributed by atoms with van der Waals surface area (Å²) in [7, 11) is 1.62. The molecule has 0 aliphatic heterocycles. The van der Waals surface area contributed by atoms with Gasteiger partial charge in [-0.15, -0.1) is 0 Å². The van der Waals surface area contributed by atoms with Crippen molar-refractivity contribution in [1.29, 1.82) is 0 Å². The molecule has 76 valence electrons. The van der Waals surface area contributed by atoms with E-state index in [1.807, 2.05) is 24.3 Å². The molecule has 0 saturated carbocycles. The van der Waals surface area contributed by atoms with Gasteiger partial charge in [0.05, 0.1) is 13.2 Å². The van der Waals surface area contributed by atoms with E-state index in [1.165, 1.54) is 0 Å². The van der Waals surface area contributed by atoms with Crippen molar-refractivity contribution < 1.29 is 9.84 Å².